The van der Waals surface area contributed by atoms with Crippen LogP contribution in [0.4, 0.5) is 0 Å². The van der Waals surface area contributed by atoms with Gasteiger partial charge in [-0.2, -0.15) is 5.10 Å². The molecule has 2 aromatic carbocycles. The lowest BCUT2D eigenvalue weighted by molar-refractivity contribution is 0.0708. The Morgan fingerprint density at radius 3 is 2.56 bits per heavy atom. The van der Waals surface area contributed by atoms with Crippen LogP contribution < -0.4 is 4.74 Å². The maximum Gasteiger partial charge on any atom is 0.257 e. The predicted molar refractivity (Wildman–Crippen MR) is 101 cm³/mol. The summed E-state index contributed by atoms with van der Waals surface area (Å²) in [6.45, 7) is 1.29. The summed E-state index contributed by atoms with van der Waals surface area (Å²) in [4.78, 5) is 14.7. The van der Waals surface area contributed by atoms with Crippen molar-refractivity contribution >= 4 is 5.91 Å². The summed E-state index contributed by atoms with van der Waals surface area (Å²) in [5.74, 6) is 1.39. The van der Waals surface area contributed by atoms with E-state index in [0.717, 1.165) is 18.5 Å². The number of nitrogens with one attached hydrogen (secondary N) is 1. The zero-order chi connectivity index (χ0) is 18.6. The van der Waals surface area contributed by atoms with E-state index in [0.29, 0.717) is 30.5 Å². The second-order valence-corrected chi connectivity index (χ2v) is 6.67. The van der Waals surface area contributed by atoms with Gasteiger partial charge in [0.2, 0.25) is 0 Å². The number of para-hydroxylation sites is 1. The molecule has 4 rings (SSSR count). The van der Waals surface area contributed by atoms with Crippen LogP contribution in [-0.2, 0) is 0 Å². The number of carbonyl (C=O) groups excluding carboxylic acids is 1. The molecule has 2 N–H and O–H groups in total. The third kappa shape index (κ3) is 3.79. The van der Waals surface area contributed by atoms with Gasteiger partial charge >= 0.3 is 0 Å². The molecule has 3 aromatic rings. The van der Waals surface area contributed by atoms with Crippen molar-refractivity contribution in [2.24, 2.45) is 0 Å². The van der Waals surface area contributed by atoms with E-state index in [1.807, 2.05) is 36.4 Å². The molecule has 0 unspecified atom stereocenters. The Hall–Kier alpha value is -3.28. The Labute approximate surface area is 157 Å². The molecule has 0 saturated carbocycles. The highest BCUT2D eigenvalue weighted by atomic mass is 16.5. The molecule has 1 aliphatic heterocycles. The minimum Gasteiger partial charge on any atom is -0.507 e. The van der Waals surface area contributed by atoms with Gasteiger partial charge in [0, 0.05) is 30.9 Å². The molecule has 1 aliphatic rings. The lowest BCUT2D eigenvalue weighted by Gasteiger charge is -2.31. The van der Waals surface area contributed by atoms with E-state index in [2.05, 4.69) is 10.2 Å². The number of ether oxygens (including phenoxy) is 1. The Kier molecular flexibility index (Phi) is 4.78. The molecule has 138 valence electrons. The van der Waals surface area contributed by atoms with Gasteiger partial charge in [-0.3, -0.25) is 9.89 Å². The maximum atomic E-state index is 12.9. The molecule has 0 radical (unpaired) electrons. The molecule has 6 nitrogen and oxygen atoms in total. The number of aromatic hydroxyl groups is 1. The van der Waals surface area contributed by atoms with Crippen LogP contribution in [0.15, 0.2) is 60.8 Å². The van der Waals surface area contributed by atoms with Crippen molar-refractivity contribution in [3.05, 3.63) is 72.1 Å². The number of amides is 1. The number of benzene rings is 2. The van der Waals surface area contributed by atoms with E-state index in [1.54, 1.807) is 23.2 Å². The fourth-order valence-electron chi connectivity index (χ4n) is 3.43. The molecular formula is C21H21N3O3. The molecule has 2 heterocycles. The Morgan fingerprint density at radius 2 is 1.85 bits per heavy atom. The highest BCUT2D eigenvalue weighted by molar-refractivity contribution is 5.97. The lowest BCUT2D eigenvalue weighted by Crippen LogP contribution is -2.38. The second-order valence-electron chi connectivity index (χ2n) is 6.67. The zero-order valence-corrected chi connectivity index (χ0v) is 14.8. The first kappa shape index (κ1) is 17.1. The van der Waals surface area contributed by atoms with Crippen molar-refractivity contribution < 1.29 is 14.6 Å². The lowest BCUT2D eigenvalue weighted by atomic mass is 9.93. The molecule has 6 heteroatoms. The first-order valence-electron chi connectivity index (χ1n) is 9.05. The highest BCUT2D eigenvalue weighted by Gasteiger charge is 2.26. The van der Waals surface area contributed by atoms with Crippen molar-refractivity contribution in [3.8, 4) is 17.2 Å². The number of H-pyrrole nitrogens is 1. The average molecular weight is 363 g/mol. The average Bonchev–Trinajstić information content (AvgIpc) is 3.25. The summed E-state index contributed by atoms with van der Waals surface area (Å²) in [6, 6.07) is 16.1. The summed E-state index contributed by atoms with van der Waals surface area (Å²) in [5.41, 5.74) is 1.38. The zero-order valence-electron chi connectivity index (χ0n) is 14.8. The summed E-state index contributed by atoms with van der Waals surface area (Å²) < 4.78 is 5.78. The van der Waals surface area contributed by atoms with E-state index in [9.17, 15) is 9.90 Å². The van der Waals surface area contributed by atoms with Gasteiger partial charge in [-0.05, 0) is 49.2 Å². The largest absolute Gasteiger partial charge is 0.507 e. The van der Waals surface area contributed by atoms with Gasteiger partial charge in [0.05, 0.1) is 5.56 Å². The first-order valence-corrected chi connectivity index (χ1v) is 9.05. The number of hydrogen-bond acceptors (Lipinski definition) is 4. The number of piperidine rings is 1. The summed E-state index contributed by atoms with van der Waals surface area (Å²) in [7, 11) is 0. The van der Waals surface area contributed by atoms with Crippen LogP contribution >= 0.6 is 0 Å². The van der Waals surface area contributed by atoms with Gasteiger partial charge in [-0.1, -0.05) is 18.2 Å². The van der Waals surface area contributed by atoms with E-state index < -0.39 is 0 Å². The summed E-state index contributed by atoms with van der Waals surface area (Å²) >= 11 is 0. The SMILES string of the molecule is O=C(c1cc(Oc2ccccc2)ccc1O)N1CCC(c2ccn[nH]2)CC1. The highest BCUT2D eigenvalue weighted by Crippen LogP contribution is 2.31. The van der Waals surface area contributed by atoms with Gasteiger partial charge < -0.3 is 14.7 Å². The second kappa shape index (κ2) is 7.53. The van der Waals surface area contributed by atoms with Crippen molar-refractivity contribution in [2.75, 3.05) is 13.1 Å². The number of aromatic nitrogens is 2. The van der Waals surface area contributed by atoms with Crippen LogP contribution in [0, 0.1) is 0 Å². The normalized spacial score (nSPS) is 14.9. The van der Waals surface area contributed by atoms with Gasteiger partial charge in [0.15, 0.2) is 0 Å². The number of phenolic OH excluding ortho intramolecular Hbond substituents is 1. The maximum absolute atomic E-state index is 12.9. The third-order valence-corrected chi connectivity index (χ3v) is 4.92. The van der Waals surface area contributed by atoms with E-state index in [4.69, 9.17) is 4.74 Å². The Morgan fingerprint density at radius 1 is 1.07 bits per heavy atom. The molecular weight excluding hydrogens is 342 g/mol. The van der Waals surface area contributed by atoms with Crippen LogP contribution in [0.25, 0.3) is 0 Å². The van der Waals surface area contributed by atoms with Crippen LogP contribution in [-0.4, -0.2) is 39.2 Å². The van der Waals surface area contributed by atoms with Gasteiger partial charge in [0.1, 0.15) is 17.2 Å². The monoisotopic (exact) mass is 363 g/mol. The molecule has 0 spiro atoms. The molecule has 0 bridgehead atoms. The number of aromatic amines is 1. The van der Waals surface area contributed by atoms with Crippen molar-refractivity contribution in [3.63, 3.8) is 0 Å². The molecule has 27 heavy (non-hydrogen) atoms. The van der Waals surface area contributed by atoms with Gasteiger partial charge in [0.25, 0.3) is 5.91 Å². The van der Waals surface area contributed by atoms with Gasteiger partial charge in [-0.25, -0.2) is 0 Å². The number of likely N-dealkylation sites (tertiary alicyclic amines) is 1. The van der Waals surface area contributed by atoms with E-state index in [-0.39, 0.29) is 17.2 Å². The van der Waals surface area contributed by atoms with Crippen LogP contribution in [0.2, 0.25) is 0 Å². The molecule has 1 fully saturated rings. The van der Waals surface area contributed by atoms with E-state index >= 15 is 0 Å². The van der Waals surface area contributed by atoms with Gasteiger partial charge in [-0.15, -0.1) is 0 Å². The Bertz CT molecular complexity index is 902. The minimum atomic E-state index is -0.172. The molecule has 0 atom stereocenters. The predicted octanol–water partition coefficient (Wildman–Crippen LogP) is 3.93. The quantitative estimate of drug-likeness (QED) is 0.736. The van der Waals surface area contributed by atoms with Crippen molar-refractivity contribution in [2.45, 2.75) is 18.8 Å². The third-order valence-electron chi connectivity index (χ3n) is 4.92. The van der Waals surface area contributed by atoms with Crippen LogP contribution in [0.1, 0.15) is 34.8 Å². The Balaban J connectivity index is 1.46. The van der Waals surface area contributed by atoms with Crippen molar-refractivity contribution in [1.29, 1.82) is 0 Å². The smallest absolute Gasteiger partial charge is 0.257 e. The number of nitrogens with zero attached hydrogens (tertiary/aromatic N) is 2. The first-order chi connectivity index (χ1) is 13.2. The van der Waals surface area contributed by atoms with Crippen molar-refractivity contribution in [1.82, 2.24) is 15.1 Å². The standard InChI is InChI=1S/C21H21N3O3/c25-20-7-6-17(27-16-4-2-1-3-5-16)14-18(20)21(26)24-12-9-15(10-13-24)19-8-11-22-23-19/h1-8,11,14-15,25H,9-10,12-13H2,(H,22,23). The molecule has 1 amide bonds. The number of phenols is 1. The summed E-state index contributed by atoms with van der Waals surface area (Å²) in [6.07, 6.45) is 3.49. The summed E-state index contributed by atoms with van der Waals surface area (Å²) in [5, 5.41) is 17.2. The fraction of sp³-hybridized carbons (Fsp3) is 0.238. The fourth-order valence-corrected chi connectivity index (χ4v) is 3.43. The molecule has 0 aliphatic carbocycles. The number of carbonyl (C=O) groups is 1. The number of hydrogen-bond donors (Lipinski definition) is 2. The minimum absolute atomic E-state index is 0.0314. The molecule has 1 aromatic heterocycles. The van der Waals surface area contributed by atoms with Crippen LogP contribution in [0.5, 0.6) is 17.2 Å². The van der Waals surface area contributed by atoms with E-state index in [1.165, 1.54) is 6.07 Å². The molecule has 1 saturated heterocycles. The van der Waals surface area contributed by atoms with Crippen LogP contribution in [0.3, 0.4) is 0 Å². The topological polar surface area (TPSA) is 78.5 Å². The number of rotatable bonds is 4.